The van der Waals surface area contributed by atoms with E-state index in [0.29, 0.717) is 0 Å². The van der Waals surface area contributed by atoms with Gasteiger partial charge < -0.3 is 5.73 Å². The monoisotopic (exact) mass is 173 g/mol. The topological polar surface area (TPSA) is 26.0 Å². The lowest BCUT2D eigenvalue weighted by atomic mass is 10.0. The Morgan fingerprint density at radius 2 is 2.36 bits per heavy atom. The molecule has 2 N–H and O–H groups in total. The molecule has 62 valence electrons. The molecule has 1 unspecified atom stereocenters. The summed E-state index contributed by atoms with van der Waals surface area (Å²) in [5, 5.41) is 1.89. The Morgan fingerprint density at radius 1 is 1.73 bits per heavy atom. The van der Waals surface area contributed by atoms with Gasteiger partial charge in [0.05, 0.1) is 0 Å². The van der Waals surface area contributed by atoms with Gasteiger partial charge in [0.25, 0.3) is 0 Å². The van der Waals surface area contributed by atoms with E-state index in [0.717, 1.165) is 10.4 Å². The van der Waals surface area contributed by atoms with E-state index in [1.807, 2.05) is 18.4 Å². The molecule has 1 aromatic rings. The van der Waals surface area contributed by atoms with Gasteiger partial charge in [-0.05, 0) is 30.9 Å². The van der Waals surface area contributed by atoms with Gasteiger partial charge in [0.1, 0.15) is 0 Å². The van der Waals surface area contributed by atoms with E-state index in [9.17, 15) is 4.39 Å². The molecule has 0 bridgehead atoms. The normalized spacial score (nSPS) is 16.4. The maximum absolute atomic E-state index is 13.5. The van der Waals surface area contributed by atoms with E-state index in [2.05, 4.69) is 0 Å². The summed E-state index contributed by atoms with van der Waals surface area (Å²) in [6, 6.07) is 1.91. The van der Waals surface area contributed by atoms with E-state index in [1.165, 1.54) is 18.3 Å². The Bertz CT molecular complexity index is 242. The molecule has 1 heterocycles. The van der Waals surface area contributed by atoms with Crippen LogP contribution in [0.4, 0.5) is 4.39 Å². The lowest BCUT2D eigenvalue weighted by Gasteiger charge is -2.16. The Balaban J connectivity index is 3.00. The third-order valence-electron chi connectivity index (χ3n) is 1.72. The molecule has 0 radical (unpaired) electrons. The van der Waals surface area contributed by atoms with Crippen molar-refractivity contribution in [3.63, 3.8) is 0 Å². The van der Waals surface area contributed by atoms with Gasteiger partial charge in [-0.1, -0.05) is 0 Å². The van der Waals surface area contributed by atoms with Crippen molar-refractivity contribution in [1.82, 2.24) is 0 Å². The molecule has 0 aliphatic rings. The number of nitrogens with two attached hydrogens (primary N) is 1. The Labute approximate surface area is 70.0 Å². The first kappa shape index (κ1) is 8.68. The molecule has 3 heteroatoms. The first-order valence-electron chi connectivity index (χ1n) is 3.51. The second-order valence-electron chi connectivity index (χ2n) is 2.83. The summed E-state index contributed by atoms with van der Waals surface area (Å²) in [5.74, 6) is 0. The quantitative estimate of drug-likeness (QED) is 0.729. The second-order valence-corrected chi connectivity index (χ2v) is 3.75. The molecule has 0 spiro atoms. The predicted molar refractivity (Wildman–Crippen MR) is 46.6 cm³/mol. The maximum atomic E-state index is 13.5. The Kier molecular flexibility index (Phi) is 2.30. The third kappa shape index (κ3) is 1.60. The molecule has 0 aliphatic carbocycles. The van der Waals surface area contributed by atoms with E-state index in [-0.39, 0.29) is 6.54 Å². The number of hydrogen-bond acceptors (Lipinski definition) is 2. The summed E-state index contributed by atoms with van der Waals surface area (Å²) in [7, 11) is 0. The average molecular weight is 173 g/mol. The first-order valence-corrected chi connectivity index (χ1v) is 4.39. The summed E-state index contributed by atoms with van der Waals surface area (Å²) in [5.41, 5.74) is 4.94. The van der Waals surface area contributed by atoms with Gasteiger partial charge in [-0.25, -0.2) is 4.39 Å². The summed E-state index contributed by atoms with van der Waals surface area (Å²) in [4.78, 5) is 0.750. The Hall–Kier alpha value is -0.410. The Morgan fingerprint density at radius 3 is 2.73 bits per heavy atom. The fourth-order valence-electron chi connectivity index (χ4n) is 0.999. The van der Waals surface area contributed by atoms with Crippen molar-refractivity contribution < 1.29 is 4.39 Å². The van der Waals surface area contributed by atoms with Gasteiger partial charge in [-0.2, -0.15) is 0 Å². The van der Waals surface area contributed by atoms with Gasteiger partial charge in [0.2, 0.25) is 0 Å². The van der Waals surface area contributed by atoms with Crippen molar-refractivity contribution in [2.75, 3.05) is 6.54 Å². The number of halogens is 1. The van der Waals surface area contributed by atoms with Crippen molar-refractivity contribution in [2.45, 2.75) is 19.5 Å². The minimum absolute atomic E-state index is 0.0500. The fraction of sp³-hybridized carbons (Fsp3) is 0.500. The van der Waals surface area contributed by atoms with Crippen molar-refractivity contribution in [3.05, 3.63) is 21.9 Å². The molecule has 0 aromatic carbocycles. The smallest absolute Gasteiger partial charge is 0.154 e. The fourth-order valence-corrected chi connectivity index (χ4v) is 1.99. The summed E-state index contributed by atoms with van der Waals surface area (Å²) in [6.07, 6.45) is 0. The van der Waals surface area contributed by atoms with E-state index >= 15 is 0 Å². The summed E-state index contributed by atoms with van der Waals surface area (Å²) >= 11 is 1.43. The third-order valence-corrected chi connectivity index (χ3v) is 2.97. The summed E-state index contributed by atoms with van der Waals surface area (Å²) in [6.45, 7) is 3.47. The van der Waals surface area contributed by atoms with Crippen LogP contribution in [0, 0.1) is 6.92 Å². The zero-order chi connectivity index (χ0) is 8.48. The van der Waals surface area contributed by atoms with Gasteiger partial charge in [0, 0.05) is 11.4 Å². The standard InChI is InChI=1S/C8H12FNS/c1-6-3-4-11-7(6)8(2,9)5-10/h3-4H,5,10H2,1-2H3. The van der Waals surface area contributed by atoms with Gasteiger partial charge in [0.15, 0.2) is 5.67 Å². The molecular formula is C8H12FNS. The number of hydrogen-bond donors (Lipinski definition) is 1. The van der Waals surface area contributed by atoms with Crippen LogP contribution >= 0.6 is 11.3 Å². The van der Waals surface area contributed by atoms with Crippen LogP contribution in [0.3, 0.4) is 0 Å². The molecule has 0 saturated heterocycles. The zero-order valence-corrected chi connectivity index (χ0v) is 7.54. The highest BCUT2D eigenvalue weighted by Gasteiger charge is 2.26. The highest BCUT2D eigenvalue weighted by Crippen LogP contribution is 2.31. The lowest BCUT2D eigenvalue weighted by molar-refractivity contribution is 0.208. The highest BCUT2D eigenvalue weighted by molar-refractivity contribution is 7.10. The van der Waals surface area contributed by atoms with Crippen molar-refractivity contribution in [2.24, 2.45) is 5.73 Å². The number of rotatable bonds is 2. The van der Waals surface area contributed by atoms with Crippen LogP contribution < -0.4 is 5.73 Å². The number of aryl methyl sites for hydroxylation is 1. The molecule has 1 atom stereocenters. The van der Waals surface area contributed by atoms with Crippen LogP contribution in [0.1, 0.15) is 17.4 Å². The van der Waals surface area contributed by atoms with Crippen LogP contribution in [0.5, 0.6) is 0 Å². The number of thiophene rings is 1. The van der Waals surface area contributed by atoms with Crippen LogP contribution in [-0.4, -0.2) is 6.54 Å². The number of alkyl halides is 1. The molecule has 0 aliphatic heterocycles. The van der Waals surface area contributed by atoms with Crippen molar-refractivity contribution in [1.29, 1.82) is 0 Å². The van der Waals surface area contributed by atoms with E-state index in [4.69, 9.17) is 5.73 Å². The molecular weight excluding hydrogens is 161 g/mol. The van der Waals surface area contributed by atoms with Gasteiger partial charge >= 0.3 is 0 Å². The molecule has 0 saturated carbocycles. The van der Waals surface area contributed by atoms with Gasteiger partial charge in [-0.3, -0.25) is 0 Å². The van der Waals surface area contributed by atoms with Crippen LogP contribution in [0.2, 0.25) is 0 Å². The predicted octanol–water partition coefficient (Wildman–Crippen LogP) is 2.20. The molecule has 0 fully saturated rings. The van der Waals surface area contributed by atoms with Crippen LogP contribution in [0.25, 0.3) is 0 Å². The van der Waals surface area contributed by atoms with Crippen molar-refractivity contribution >= 4 is 11.3 Å². The van der Waals surface area contributed by atoms with E-state index < -0.39 is 5.67 Å². The maximum Gasteiger partial charge on any atom is 0.154 e. The zero-order valence-electron chi connectivity index (χ0n) is 6.73. The SMILES string of the molecule is Cc1ccsc1C(C)(F)CN. The molecule has 1 aromatic heterocycles. The lowest BCUT2D eigenvalue weighted by Crippen LogP contribution is -2.26. The molecule has 0 amide bonds. The average Bonchev–Trinajstić information content (AvgIpc) is 2.36. The van der Waals surface area contributed by atoms with Crippen LogP contribution in [0.15, 0.2) is 11.4 Å². The first-order chi connectivity index (χ1) is 5.08. The highest BCUT2D eigenvalue weighted by atomic mass is 32.1. The van der Waals surface area contributed by atoms with Crippen LogP contribution in [-0.2, 0) is 5.67 Å². The molecule has 1 rings (SSSR count). The van der Waals surface area contributed by atoms with E-state index in [1.54, 1.807) is 0 Å². The van der Waals surface area contributed by atoms with Gasteiger partial charge in [-0.15, -0.1) is 11.3 Å². The second kappa shape index (κ2) is 2.91. The minimum atomic E-state index is -1.35. The molecule has 11 heavy (non-hydrogen) atoms. The largest absolute Gasteiger partial charge is 0.327 e. The summed E-state index contributed by atoms with van der Waals surface area (Å²) < 4.78 is 13.5. The minimum Gasteiger partial charge on any atom is -0.327 e. The van der Waals surface area contributed by atoms with Crippen molar-refractivity contribution in [3.8, 4) is 0 Å². The molecule has 1 nitrogen and oxygen atoms in total.